The van der Waals surface area contributed by atoms with Gasteiger partial charge in [-0.2, -0.15) is 4.98 Å². The molecule has 0 amide bonds. The summed E-state index contributed by atoms with van der Waals surface area (Å²) in [6, 6.07) is -0.858. The molecule has 0 saturated heterocycles. The largest absolute Gasteiger partial charge is 0.480 e. The maximum atomic E-state index is 12.0. The highest BCUT2D eigenvalue weighted by Crippen LogP contribution is 2.17. The molecular weight excluding hydrogens is 270 g/mol. The molecule has 1 aromatic rings. The third kappa shape index (κ3) is 4.97. The normalized spacial score (nSPS) is 12.9. The zero-order chi connectivity index (χ0) is 16.2. The van der Waals surface area contributed by atoms with E-state index in [2.05, 4.69) is 4.98 Å². The van der Waals surface area contributed by atoms with Crippen LogP contribution in [0.1, 0.15) is 37.6 Å². The fourth-order valence-electron chi connectivity index (χ4n) is 2.18. The summed E-state index contributed by atoms with van der Waals surface area (Å²) in [5.74, 6) is -0.806. The maximum Gasteiger partial charge on any atom is 0.348 e. The molecule has 0 spiro atoms. The van der Waals surface area contributed by atoms with Crippen molar-refractivity contribution in [2.24, 2.45) is 5.92 Å². The van der Waals surface area contributed by atoms with E-state index in [4.69, 9.17) is 0 Å². The number of aromatic nitrogens is 2. The Kier molecular flexibility index (Phi) is 6.08. The molecule has 0 aliphatic carbocycles. The van der Waals surface area contributed by atoms with Gasteiger partial charge in [0.05, 0.1) is 0 Å². The predicted octanol–water partition coefficient (Wildman–Crippen LogP) is 1.33. The number of aryl methyl sites for hydroxylation is 1. The van der Waals surface area contributed by atoms with Gasteiger partial charge >= 0.3 is 11.7 Å². The Balaban J connectivity index is 3.18. The molecule has 1 atom stereocenters. The van der Waals surface area contributed by atoms with Crippen LogP contribution in [-0.2, 0) is 11.2 Å². The van der Waals surface area contributed by atoms with Gasteiger partial charge < -0.3 is 10.0 Å². The molecule has 0 radical (unpaired) electrons. The number of nitrogens with zero attached hydrogens (tertiary/aromatic N) is 3. The van der Waals surface area contributed by atoms with Gasteiger partial charge in [0.1, 0.15) is 6.04 Å². The molecule has 0 aromatic carbocycles. The molecule has 1 rings (SSSR count). The van der Waals surface area contributed by atoms with E-state index in [1.54, 1.807) is 13.1 Å². The minimum absolute atomic E-state index is 0.185. The minimum Gasteiger partial charge on any atom is -0.480 e. The van der Waals surface area contributed by atoms with Crippen molar-refractivity contribution in [1.82, 2.24) is 14.5 Å². The smallest absolute Gasteiger partial charge is 0.348 e. The Morgan fingerprint density at radius 2 is 2.05 bits per heavy atom. The first kappa shape index (κ1) is 17.4. The highest BCUT2D eigenvalue weighted by atomic mass is 16.4. The molecule has 0 saturated carbocycles. The molecule has 1 aromatic heterocycles. The van der Waals surface area contributed by atoms with Gasteiger partial charge in [-0.3, -0.25) is 4.57 Å². The van der Waals surface area contributed by atoms with Crippen LogP contribution in [-0.4, -0.2) is 46.2 Å². The molecule has 21 heavy (non-hydrogen) atoms. The summed E-state index contributed by atoms with van der Waals surface area (Å²) < 4.78 is 1.26. The molecule has 1 unspecified atom stereocenters. The van der Waals surface area contributed by atoms with E-state index in [1.807, 2.05) is 32.8 Å². The lowest BCUT2D eigenvalue weighted by Crippen LogP contribution is -2.33. The summed E-state index contributed by atoms with van der Waals surface area (Å²) in [6.07, 6.45) is 2.81. The standard InChI is InChI=1S/C15H25N3O3/c1-10(2)8-13(14(19)20)18-9-12(6-7-17(4)5)11(3)16-15(18)21/h9-10,13H,6-8H2,1-5H3,(H,19,20). The van der Waals surface area contributed by atoms with E-state index in [0.717, 1.165) is 18.5 Å². The zero-order valence-corrected chi connectivity index (χ0v) is 13.5. The van der Waals surface area contributed by atoms with Crippen LogP contribution < -0.4 is 5.69 Å². The van der Waals surface area contributed by atoms with Crippen LogP contribution in [0.2, 0.25) is 0 Å². The molecule has 0 aliphatic heterocycles. The van der Waals surface area contributed by atoms with E-state index in [9.17, 15) is 14.7 Å². The molecule has 0 fully saturated rings. The van der Waals surface area contributed by atoms with E-state index >= 15 is 0 Å². The summed E-state index contributed by atoms with van der Waals surface area (Å²) in [5, 5.41) is 9.38. The van der Waals surface area contributed by atoms with Gasteiger partial charge in [-0.15, -0.1) is 0 Å². The molecule has 0 bridgehead atoms. The Bertz CT molecular complexity index is 550. The number of hydrogen-bond donors (Lipinski definition) is 1. The maximum absolute atomic E-state index is 12.0. The topological polar surface area (TPSA) is 75.4 Å². The number of carboxylic acid groups (broad SMARTS) is 1. The summed E-state index contributed by atoms with van der Waals surface area (Å²) in [6.45, 7) is 6.49. The number of rotatable bonds is 7. The van der Waals surface area contributed by atoms with Gasteiger partial charge in [-0.05, 0) is 45.3 Å². The Morgan fingerprint density at radius 3 is 2.52 bits per heavy atom. The molecule has 6 nitrogen and oxygen atoms in total. The van der Waals surface area contributed by atoms with Crippen molar-refractivity contribution in [3.63, 3.8) is 0 Å². The average molecular weight is 295 g/mol. The summed E-state index contributed by atoms with van der Waals surface area (Å²) in [5.41, 5.74) is 1.10. The van der Waals surface area contributed by atoms with Crippen LogP contribution in [0.25, 0.3) is 0 Å². The SMILES string of the molecule is Cc1nc(=O)n(C(CC(C)C)C(=O)O)cc1CCN(C)C. The van der Waals surface area contributed by atoms with Crippen LogP contribution in [0.15, 0.2) is 11.0 Å². The van der Waals surface area contributed by atoms with Gasteiger partial charge in [-0.25, -0.2) is 9.59 Å². The predicted molar refractivity (Wildman–Crippen MR) is 81.6 cm³/mol. The van der Waals surface area contributed by atoms with E-state index in [-0.39, 0.29) is 5.92 Å². The Morgan fingerprint density at radius 1 is 1.43 bits per heavy atom. The quantitative estimate of drug-likeness (QED) is 0.821. The van der Waals surface area contributed by atoms with Crippen molar-refractivity contribution < 1.29 is 9.90 Å². The fourth-order valence-corrected chi connectivity index (χ4v) is 2.18. The van der Waals surface area contributed by atoms with Gasteiger partial charge in [0.2, 0.25) is 0 Å². The van der Waals surface area contributed by atoms with Crippen LogP contribution >= 0.6 is 0 Å². The monoisotopic (exact) mass is 295 g/mol. The van der Waals surface area contributed by atoms with Crippen molar-refractivity contribution in [3.8, 4) is 0 Å². The van der Waals surface area contributed by atoms with Crippen LogP contribution in [0.3, 0.4) is 0 Å². The van der Waals surface area contributed by atoms with Crippen molar-refractivity contribution >= 4 is 5.97 Å². The van der Waals surface area contributed by atoms with Crippen LogP contribution in [0.4, 0.5) is 0 Å². The lowest BCUT2D eigenvalue weighted by atomic mass is 10.0. The van der Waals surface area contributed by atoms with E-state index in [0.29, 0.717) is 12.1 Å². The minimum atomic E-state index is -0.991. The lowest BCUT2D eigenvalue weighted by Gasteiger charge is -2.19. The molecule has 1 N–H and O–H groups in total. The second-order valence-corrected chi connectivity index (χ2v) is 6.08. The highest BCUT2D eigenvalue weighted by molar-refractivity contribution is 5.71. The van der Waals surface area contributed by atoms with Crippen molar-refractivity contribution in [2.75, 3.05) is 20.6 Å². The Hall–Kier alpha value is -1.69. The second kappa shape index (κ2) is 7.36. The first-order chi connectivity index (χ1) is 9.72. The number of likely N-dealkylation sites (N-methyl/N-ethyl adjacent to an activating group) is 1. The zero-order valence-electron chi connectivity index (χ0n) is 13.5. The number of hydrogen-bond acceptors (Lipinski definition) is 4. The molecule has 0 aliphatic rings. The summed E-state index contributed by atoms with van der Waals surface area (Å²) in [7, 11) is 3.94. The van der Waals surface area contributed by atoms with Crippen molar-refractivity contribution in [3.05, 3.63) is 27.9 Å². The highest BCUT2D eigenvalue weighted by Gasteiger charge is 2.23. The van der Waals surface area contributed by atoms with Crippen molar-refractivity contribution in [1.29, 1.82) is 0 Å². The van der Waals surface area contributed by atoms with E-state index < -0.39 is 17.7 Å². The number of carbonyl (C=O) groups is 1. The molecule has 6 heteroatoms. The first-order valence-corrected chi connectivity index (χ1v) is 7.18. The lowest BCUT2D eigenvalue weighted by molar-refractivity contribution is -0.141. The van der Waals surface area contributed by atoms with Crippen molar-refractivity contribution in [2.45, 2.75) is 39.7 Å². The summed E-state index contributed by atoms with van der Waals surface area (Å²) >= 11 is 0. The molecule has 118 valence electrons. The molecular formula is C15H25N3O3. The van der Waals surface area contributed by atoms with Crippen LogP contribution in [0, 0.1) is 12.8 Å². The van der Waals surface area contributed by atoms with Gasteiger partial charge in [-0.1, -0.05) is 13.8 Å². The third-order valence-electron chi connectivity index (χ3n) is 3.39. The number of carboxylic acids is 1. The second-order valence-electron chi connectivity index (χ2n) is 6.08. The van der Waals surface area contributed by atoms with Gasteiger partial charge in [0, 0.05) is 18.4 Å². The van der Waals surface area contributed by atoms with E-state index in [1.165, 1.54) is 4.57 Å². The fraction of sp³-hybridized carbons (Fsp3) is 0.667. The summed E-state index contributed by atoms with van der Waals surface area (Å²) in [4.78, 5) is 29.5. The Labute approximate surface area is 125 Å². The number of aliphatic carboxylic acids is 1. The van der Waals surface area contributed by atoms with Crippen LogP contribution in [0.5, 0.6) is 0 Å². The first-order valence-electron chi connectivity index (χ1n) is 7.18. The molecule has 1 heterocycles. The van der Waals surface area contributed by atoms with Gasteiger partial charge in [0.15, 0.2) is 0 Å². The third-order valence-corrected chi connectivity index (χ3v) is 3.39. The average Bonchev–Trinajstić information content (AvgIpc) is 2.34. The van der Waals surface area contributed by atoms with Gasteiger partial charge in [0.25, 0.3) is 0 Å².